The molecule has 5 rings (SSSR count). The molecule has 2 heterocycles. The standard InChI is InChI=1S/C15H19NO.C5H8O/c1-3-15(10-8-13(16)9-11-15)12-4-6-14(17-2)7-5-12;1-2-5-3-4(1)6-5/h1,4-7,13H,8-11,16H2,2H3;4-5H,1-3H2. The second-order valence-corrected chi connectivity index (χ2v) is 6.99. The smallest absolute Gasteiger partial charge is 0.118 e. The molecule has 3 heteroatoms. The first kappa shape index (κ1) is 16.4. The van der Waals surface area contributed by atoms with Crippen LogP contribution >= 0.6 is 0 Å². The lowest BCUT2D eigenvalue weighted by Crippen LogP contribution is -2.35. The van der Waals surface area contributed by atoms with Crippen molar-refractivity contribution in [2.45, 2.75) is 68.6 Å². The average molecular weight is 313 g/mol. The van der Waals surface area contributed by atoms with Crippen molar-refractivity contribution in [2.75, 3.05) is 7.11 Å². The van der Waals surface area contributed by atoms with Gasteiger partial charge in [-0.15, -0.1) is 6.42 Å². The first-order valence-electron chi connectivity index (χ1n) is 8.68. The number of methoxy groups -OCH3 is 1. The monoisotopic (exact) mass is 313 g/mol. The van der Waals surface area contributed by atoms with Gasteiger partial charge in [0.25, 0.3) is 0 Å². The Kier molecular flexibility index (Phi) is 4.94. The molecule has 2 bridgehead atoms. The zero-order valence-electron chi connectivity index (χ0n) is 14.0. The number of ether oxygens (including phenoxy) is 2. The molecular formula is C20H27NO2. The van der Waals surface area contributed by atoms with Crippen molar-refractivity contribution in [3.63, 3.8) is 0 Å². The van der Waals surface area contributed by atoms with Gasteiger partial charge in [0.15, 0.2) is 0 Å². The molecule has 4 fully saturated rings. The molecule has 1 aromatic carbocycles. The van der Waals surface area contributed by atoms with Crippen molar-refractivity contribution in [2.24, 2.45) is 5.73 Å². The van der Waals surface area contributed by atoms with E-state index >= 15 is 0 Å². The lowest BCUT2D eigenvalue weighted by atomic mass is 9.69. The Hall–Kier alpha value is -1.50. The van der Waals surface area contributed by atoms with Crippen LogP contribution in [0.3, 0.4) is 0 Å². The molecular weight excluding hydrogens is 286 g/mol. The molecule has 0 aromatic heterocycles. The predicted molar refractivity (Wildman–Crippen MR) is 92.5 cm³/mol. The summed E-state index contributed by atoms with van der Waals surface area (Å²) in [7, 11) is 1.67. The lowest BCUT2D eigenvalue weighted by Gasteiger charge is -2.35. The van der Waals surface area contributed by atoms with E-state index < -0.39 is 0 Å². The van der Waals surface area contributed by atoms with Gasteiger partial charge in [0.05, 0.1) is 24.7 Å². The van der Waals surface area contributed by atoms with E-state index in [1.54, 1.807) is 7.11 Å². The van der Waals surface area contributed by atoms with Crippen molar-refractivity contribution < 1.29 is 9.47 Å². The number of fused-ring (bicyclic) bond motifs is 1. The summed E-state index contributed by atoms with van der Waals surface area (Å²) in [5, 5.41) is 0. The zero-order chi connectivity index (χ0) is 16.3. The third-order valence-corrected chi connectivity index (χ3v) is 5.52. The van der Waals surface area contributed by atoms with Gasteiger partial charge < -0.3 is 15.2 Å². The number of hydrogen-bond donors (Lipinski definition) is 1. The van der Waals surface area contributed by atoms with Crippen LogP contribution in [0.25, 0.3) is 0 Å². The van der Waals surface area contributed by atoms with Gasteiger partial charge in [-0.3, -0.25) is 0 Å². The van der Waals surface area contributed by atoms with Crippen molar-refractivity contribution >= 4 is 0 Å². The van der Waals surface area contributed by atoms with Crippen molar-refractivity contribution in [3.05, 3.63) is 29.8 Å². The number of terminal acetylenes is 1. The molecule has 2 saturated heterocycles. The summed E-state index contributed by atoms with van der Waals surface area (Å²) in [5.74, 6) is 3.86. The Balaban J connectivity index is 0.000000213. The maximum absolute atomic E-state index is 5.95. The minimum atomic E-state index is -0.123. The maximum atomic E-state index is 5.95. The second kappa shape index (κ2) is 6.95. The molecule has 0 amide bonds. The molecule has 124 valence electrons. The van der Waals surface area contributed by atoms with Crippen LogP contribution < -0.4 is 10.5 Å². The number of rotatable bonds is 2. The highest BCUT2D eigenvalue weighted by molar-refractivity contribution is 5.38. The number of hydrogen-bond acceptors (Lipinski definition) is 3. The molecule has 2 unspecified atom stereocenters. The highest BCUT2D eigenvalue weighted by Gasteiger charge is 2.37. The molecule has 2 aliphatic carbocycles. The third kappa shape index (κ3) is 3.54. The zero-order valence-corrected chi connectivity index (χ0v) is 14.0. The quantitative estimate of drug-likeness (QED) is 0.851. The van der Waals surface area contributed by atoms with Crippen LogP contribution in [0.15, 0.2) is 24.3 Å². The van der Waals surface area contributed by atoms with Crippen LogP contribution in [0.2, 0.25) is 0 Å². The Morgan fingerprint density at radius 2 is 1.70 bits per heavy atom. The SMILES string of the molecule is C#CC1(c2ccc(OC)cc2)CCC(N)CC1.C1CC2CC1O2. The second-order valence-electron chi connectivity index (χ2n) is 6.99. The first-order chi connectivity index (χ1) is 11.1. The maximum Gasteiger partial charge on any atom is 0.118 e. The Labute approximate surface area is 139 Å². The molecule has 0 spiro atoms. The van der Waals surface area contributed by atoms with Crippen LogP contribution in [0.1, 0.15) is 50.5 Å². The highest BCUT2D eigenvalue weighted by atomic mass is 16.5. The van der Waals surface area contributed by atoms with E-state index in [-0.39, 0.29) is 5.41 Å². The molecule has 1 aromatic rings. The van der Waals surface area contributed by atoms with Gasteiger partial charge in [-0.1, -0.05) is 18.1 Å². The fourth-order valence-electron chi connectivity index (χ4n) is 3.86. The summed E-state index contributed by atoms with van der Waals surface area (Å²) in [4.78, 5) is 0. The fourth-order valence-corrected chi connectivity index (χ4v) is 3.86. The topological polar surface area (TPSA) is 44.5 Å². The van der Waals surface area contributed by atoms with E-state index in [4.69, 9.17) is 21.6 Å². The first-order valence-corrected chi connectivity index (χ1v) is 8.68. The minimum absolute atomic E-state index is 0.123. The van der Waals surface area contributed by atoms with E-state index in [1.165, 1.54) is 24.8 Å². The van der Waals surface area contributed by atoms with Gasteiger partial charge in [0, 0.05) is 6.04 Å². The fraction of sp³-hybridized carbons (Fsp3) is 0.600. The Morgan fingerprint density at radius 3 is 2.09 bits per heavy atom. The molecule has 2 atom stereocenters. The van der Waals surface area contributed by atoms with Crippen molar-refractivity contribution in [1.29, 1.82) is 0 Å². The van der Waals surface area contributed by atoms with Crippen molar-refractivity contribution in [3.8, 4) is 18.1 Å². The molecule has 3 nitrogen and oxygen atoms in total. The molecule has 4 aliphatic rings. The summed E-state index contributed by atoms with van der Waals surface area (Å²) >= 11 is 0. The van der Waals surface area contributed by atoms with Gasteiger partial charge >= 0.3 is 0 Å². The summed E-state index contributed by atoms with van der Waals surface area (Å²) in [5.41, 5.74) is 7.04. The molecule has 2 N–H and O–H groups in total. The third-order valence-electron chi connectivity index (χ3n) is 5.52. The van der Waals surface area contributed by atoms with Crippen LogP contribution in [0.4, 0.5) is 0 Å². The highest BCUT2D eigenvalue weighted by Crippen LogP contribution is 2.39. The Morgan fingerprint density at radius 1 is 1.13 bits per heavy atom. The number of nitrogens with two attached hydrogens (primary N) is 1. The van der Waals surface area contributed by atoms with Crippen LogP contribution in [0.5, 0.6) is 5.75 Å². The van der Waals surface area contributed by atoms with E-state index in [0.29, 0.717) is 18.2 Å². The summed E-state index contributed by atoms with van der Waals surface area (Å²) in [6.45, 7) is 0. The van der Waals surface area contributed by atoms with E-state index in [2.05, 4.69) is 18.1 Å². The van der Waals surface area contributed by atoms with Gasteiger partial charge in [-0.05, 0) is 62.6 Å². The van der Waals surface area contributed by atoms with E-state index in [9.17, 15) is 0 Å². The predicted octanol–water partition coefficient (Wildman–Crippen LogP) is 3.41. The average Bonchev–Trinajstić information content (AvgIpc) is 3.22. The van der Waals surface area contributed by atoms with Gasteiger partial charge in [0.2, 0.25) is 0 Å². The van der Waals surface area contributed by atoms with Crippen LogP contribution in [-0.4, -0.2) is 25.4 Å². The summed E-state index contributed by atoms with van der Waals surface area (Å²) < 4.78 is 10.4. The van der Waals surface area contributed by atoms with E-state index in [0.717, 1.165) is 31.4 Å². The van der Waals surface area contributed by atoms with Crippen molar-refractivity contribution in [1.82, 2.24) is 0 Å². The number of benzene rings is 1. The molecule has 2 saturated carbocycles. The van der Waals surface area contributed by atoms with Gasteiger partial charge in [-0.2, -0.15) is 0 Å². The van der Waals surface area contributed by atoms with E-state index in [1.807, 2.05) is 12.1 Å². The molecule has 23 heavy (non-hydrogen) atoms. The van der Waals surface area contributed by atoms with Crippen LogP contribution in [0, 0.1) is 12.3 Å². The molecule has 2 aliphatic heterocycles. The molecule has 0 radical (unpaired) electrons. The lowest BCUT2D eigenvalue weighted by molar-refractivity contribution is -0.0647. The van der Waals surface area contributed by atoms with Gasteiger partial charge in [-0.25, -0.2) is 0 Å². The minimum Gasteiger partial charge on any atom is -0.497 e. The largest absolute Gasteiger partial charge is 0.497 e. The normalized spacial score (nSPS) is 34.6. The van der Waals surface area contributed by atoms with Crippen LogP contribution in [-0.2, 0) is 10.2 Å². The summed E-state index contributed by atoms with van der Waals surface area (Å²) in [6.07, 6.45) is 15.2. The summed E-state index contributed by atoms with van der Waals surface area (Å²) in [6, 6.07) is 8.42. The Bertz CT molecular complexity index is 532. The van der Waals surface area contributed by atoms with Gasteiger partial charge in [0.1, 0.15) is 5.75 Å².